The molecule has 1 aliphatic carbocycles. The number of benzene rings is 1. The van der Waals surface area contributed by atoms with Gasteiger partial charge in [0, 0.05) is 5.56 Å². The van der Waals surface area contributed by atoms with Crippen molar-refractivity contribution in [2.45, 2.75) is 30.7 Å². The Labute approximate surface area is 107 Å². The zero-order valence-corrected chi connectivity index (χ0v) is 9.98. The van der Waals surface area contributed by atoms with Gasteiger partial charge in [-0.15, -0.1) is 12.4 Å². The number of rotatable bonds is 2. The number of aliphatic hydroxyl groups is 1. The lowest BCUT2D eigenvalue weighted by Gasteiger charge is -2.19. The van der Waals surface area contributed by atoms with Gasteiger partial charge in [-0.25, -0.2) is 4.39 Å². The molecule has 2 nitrogen and oxygen atoms in total. The van der Waals surface area contributed by atoms with Crippen molar-refractivity contribution < 1.29 is 22.7 Å². The van der Waals surface area contributed by atoms with Crippen LogP contribution in [0.2, 0.25) is 0 Å². The molecule has 0 saturated heterocycles. The average molecular weight is 286 g/mol. The van der Waals surface area contributed by atoms with Crippen LogP contribution in [0.1, 0.15) is 30.0 Å². The molecule has 0 amide bonds. The van der Waals surface area contributed by atoms with Crippen LogP contribution in [-0.4, -0.2) is 10.7 Å². The molecule has 2 rings (SSSR count). The molecule has 7 heteroatoms. The van der Waals surface area contributed by atoms with Gasteiger partial charge in [0.25, 0.3) is 0 Å². The molecule has 1 aromatic carbocycles. The van der Waals surface area contributed by atoms with Gasteiger partial charge in [0.2, 0.25) is 0 Å². The van der Waals surface area contributed by atoms with Gasteiger partial charge in [-0.3, -0.25) is 0 Å². The van der Waals surface area contributed by atoms with Gasteiger partial charge < -0.3 is 10.8 Å². The molecule has 0 spiro atoms. The third kappa shape index (κ3) is 2.76. The van der Waals surface area contributed by atoms with Crippen LogP contribution in [0.4, 0.5) is 17.6 Å². The van der Waals surface area contributed by atoms with E-state index in [-0.39, 0.29) is 18.0 Å². The Morgan fingerprint density at radius 1 is 1.28 bits per heavy atom. The van der Waals surface area contributed by atoms with Crippen molar-refractivity contribution in [3.8, 4) is 0 Å². The average Bonchev–Trinajstić information content (AvgIpc) is 2.95. The smallest absolute Gasteiger partial charge is 0.388 e. The van der Waals surface area contributed by atoms with Gasteiger partial charge in [-0.05, 0) is 25.0 Å². The highest BCUT2D eigenvalue weighted by atomic mass is 35.5. The van der Waals surface area contributed by atoms with E-state index >= 15 is 0 Å². The topological polar surface area (TPSA) is 46.2 Å². The van der Waals surface area contributed by atoms with Crippen molar-refractivity contribution in [1.82, 2.24) is 0 Å². The second-order valence-corrected chi connectivity index (χ2v) is 4.32. The summed E-state index contributed by atoms with van der Waals surface area (Å²) in [6.45, 7) is 0. The maximum Gasteiger partial charge on any atom is 0.416 e. The lowest BCUT2D eigenvalue weighted by atomic mass is 9.98. The summed E-state index contributed by atoms with van der Waals surface area (Å²) >= 11 is 0. The molecule has 1 unspecified atom stereocenters. The molecule has 18 heavy (non-hydrogen) atoms. The molecule has 1 fully saturated rings. The van der Waals surface area contributed by atoms with E-state index < -0.39 is 29.2 Å². The first kappa shape index (κ1) is 15.2. The second kappa shape index (κ2) is 4.68. The van der Waals surface area contributed by atoms with Crippen LogP contribution in [0, 0.1) is 5.82 Å². The normalized spacial score (nSPS) is 19.0. The van der Waals surface area contributed by atoms with Gasteiger partial charge >= 0.3 is 6.18 Å². The Hall–Kier alpha value is -0.850. The van der Waals surface area contributed by atoms with Crippen LogP contribution in [0.3, 0.4) is 0 Å². The lowest BCUT2D eigenvalue weighted by molar-refractivity contribution is -0.137. The zero-order valence-electron chi connectivity index (χ0n) is 9.17. The molecule has 3 N–H and O–H groups in total. The standard InChI is InChI=1S/C11H11F4NO.ClH/c12-8-5-6(11(13,14)15)1-2-7(8)9(16)10(17)3-4-10;/h1-2,5,9,17H,3-4,16H2;1H. The Morgan fingerprint density at radius 2 is 1.83 bits per heavy atom. The first-order chi connectivity index (χ1) is 7.74. The highest BCUT2D eigenvalue weighted by Crippen LogP contribution is 2.45. The van der Waals surface area contributed by atoms with E-state index in [0.717, 1.165) is 12.1 Å². The second-order valence-electron chi connectivity index (χ2n) is 4.32. The van der Waals surface area contributed by atoms with E-state index in [1.807, 2.05) is 0 Å². The minimum absolute atomic E-state index is 0. The highest BCUT2D eigenvalue weighted by Gasteiger charge is 2.47. The molecule has 0 bridgehead atoms. The number of nitrogens with two attached hydrogens (primary N) is 1. The van der Waals surface area contributed by atoms with E-state index in [2.05, 4.69) is 0 Å². The Morgan fingerprint density at radius 3 is 2.22 bits per heavy atom. The fourth-order valence-corrected chi connectivity index (χ4v) is 1.68. The summed E-state index contributed by atoms with van der Waals surface area (Å²) in [6, 6.07) is 1.18. The Balaban J connectivity index is 0.00000162. The van der Waals surface area contributed by atoms with E-state index in [9.17, 15) is 22.7 Å². The predicted octanol–water partition coefficient (Wildman–Crippen LogP) is 2.79. The summed E-state index contributed by atoms with van der Waals surface area (Å²) < 4.78 is 50.4. The molecule has 0 aliphatic heterocycles. The molecule has 1 atom stereocenters. The molecular weight excluding hydrogens is 274 g/mol. The summed E-state index contributed by atoms with van der Waals surface area (Å²) in [6.07, 6.45) is -3.71. The number of hydrogen-bond acceptors (Lipinski definition) is 2. The van der Waals surface area contributed by atoms with Gasteiger partial charge in [0.1, 0.15) is 5.82 Å². The maximum absolute atomic E-state index is 13.5. The number of alkyl halides is 3. The van der Waals surface area contributed by atoms with Crippen LogP contribution in [0.5, 0.6) is 0 Å². The number of hydrogen-bond donors (Lipinski definition) is 2. The fourth-order valence-electron chi connectivity index (χ4n) is 1.68. The molecule has 102 valence electrons. The molecular formula is C11H12ClF4NO. The van der Waals surface area contributed by atoms with E-state index in [1.165, 1.54) is 0 Å². The van der Waals surface area contributed by atoms with Gasteiger partial charge in [0.05, 0.1) is 17.2 Å². The third-order valence-corrected chi connectivity index (χ3v) is 3.00. The maximum atomic E-state index is 13.5. The summed E-state index contributed by atoms with van der Waals surface area (Å²) in [5, 5.41) is 9.69. The quantitative estimate of drug-likeness (QED) is 0.821. The Bertz CT molecular complexity index is 445. The summed E-state index contributed by atoms with van der Waals surface area (Å²) in [4.78, 5) is 0. The van der Waals surface area contributed by atoms with Crippen LogP contribution in [0.25, 0.3) is 0 Å². The molecule has 0 aromatic heterocycles. The van der Waals surface area contributed by atoms with Crippen molar-refractivity contribution in [1.29, 1.82) is 0 Å². The van der Waals surface area contributed by atoms with Crippen molar-refractivity contribution in [2.75, 3.05) is 0 Å². The van der Waals surface area contributed by atoms with Crippen molar-refractivity contribution >= 4 is 12.4 Å². The lowest BCUT2D eigenvalue weighted by Crippen LogP contribution is -2.28. The summed E-state index contributed by atoms with van der Waals surface area (Å²) in [5.41, 5.74) is 3.31. The van der Waals surface area contributed by atoms with Gasteiger partial charge in [-0.1, -0.05) is 6.07 Å². The molecule has 1 aliphatic rings. The van der Waals surface area contributed by atoms with Crippen LogP contribution >= 0.6 is 12.4 Å². The van der Waals surface area contributed by atoms with E-state index in [4.69, 9.17) is 5.73 Å². The molecule has 0 heterocycles. The molecule has 1 saturated carbocycles. The highest BCUT2D eigenvalue weighted by molar-refractivity contribution is 5.85. The third-order valence-electron chi connectivity index (χ3n) is 3.00. The molecule has 1 aromatic rings. The number of halogens is 5. The van der Waals surface area contributed by atoms with Crippen molar-refractivity contribution in [2.24, 2.45) is 5.73 Å². The van der Waals surface area contributed by atoms with Crippen LogP contribution in [0.15, 0.2) is 18.2 Å². The zero-order chi connectivity index (χ0) is 12.8. The summed E-state index contributed by atoms with van der Waals surface area (Å²) in [7, 11) is 0. The van der Waals surface area contributed by atoms with Crippen molar-refractivity contribution in [3.05, 3.63) is 35.1 Å². The fraction of sp³-hybridized carbons (Fsp3) is 0.455. The molecule has 0 radical (unpaired) electrons. The minimum Gasteiger partial charge on any atom is -0.388 e. The largest absolute Gasteiger partial charge is 0.416 e. The van der Waals surface area contributed by atoms with Crippen LogP contribution < -0.4 is 5.73 Å². The van der Waals surface area contributed by atoms with E-state index in [0.29, 0.717) is 18.9 Å². The van der Waals surface area contributed by atoms with Gasteiger partial charge in [0.15, 0.2) is 0 Å². The minimum atomic E-state index is -4.58. The summed E-state index contributed by atoms with van der Waals surface area (Å²) in [5.74, 6) is -1.03. The first-order valence-corrected chi connectivity index (χ1v) is 5.09. The Kier molecular flexibility index (Phi) is 3.95. The SMILES string of the molecule is Cl.NC(c1ccc(C(F)(F)F)cc1F)C1(O)CC1. The van der Waals surface area contributed by atoms with Crippen molar-refractivity contribution in [3.63, 3.8) is 0 Å². The van der Waals surface area contributed by atoms with Gasteiger partial charge in [-0.2, -0.15) is 13.2 Å². The van der Waals surface area contributed by atoms with E-state index in [1.54, 1.807) is 0 Å². The predicted molar refractivity (Wildman–Crippen MR) is 59.8 cm³/mol. The van der Waals surface area contributed by atoms with Crippen LogP contribution in [-0.2, 0) is 6.18 Å². The first-order valence-electron chi connectivity index (χ1n) is 5.09. The monoisotopic (exact) mass is 285 g/mol.